The number of hydrogen-bond acceptors (Lipinski definition) is 6. The highest BCUT2D eigenvalue weighted by atomic mass is 35.5. The molecule has 1 aromatic heterocycles. The molecule has 0 saturated heterocycles. The third-order valence-electron chi connectivity index (χ3n) is 6.02. The zero-order valence-electron chi connectivity index (χ0n) is 18.9. The van der Waals surface area contributed by atoms with E-state index in [1.54, 1.807) is 25.1 Å². The second-order valence-electron chi connectivity index (χ2n) is 8.31. The summed E-state index contributed by atoms with van der Waals surface area (Å²) in [6.07, 6.45) is 1.46. The molecule has 3 aromatic rings. The van der Waals surface area contributed by atoms with E-state index in [2.05, 4.69) is 15.3 Å². The number of aromatic nitrogens is 2. The molecule has 7 nitrogen and oxygen atoms in total. The highest BCUT2D eigenvalue weighted by Gasteiger charge is 2.42. The van der Waals surface area contributed by atoms with Crippen LogP contribution < -0.4 is 14.8 Å². The summed E-state index contributed by atoms with van der Waals surface area (Å²) in [5, 5.41) is 3.40. The maximum atomic E-state index is 12.9. The molecule has 0 bridgehead atoms. The number of fused-ring (bicyclic) bond motifs is 1. The van der Waals surface area contributed by atoms with Crippen LogP contribution in [-0.2, 0) is 5.54 Å². The van der Waals surface area contributed by atoms with Crippen molar-refractivity contribution in [3.05, 3.63) is 63.8 Å². The maximum absolute atomic E-state index is 12.9. The van der Waals surface area contributed by atoms with E-state index in [9.17, 15) is 4.79 Å². The van der Waals surface area contributed by atoms with E-state index in [0.717, 1.165) is 22.4 Å². The lowest BCUT2D eigenvalue weighted by Gasteiger charge is -2.28. The van der Waals surface area contributed by atoms with Crippen LogP contribution in [0.5, 0.6) is 17.4 Å². The quantitative estimate of drug-likeness (QED) is 0.542. The molecule has 0 radical (unpaired) electrons. The average Bonchev–Trinajstić information content (AvgIpc) is 2.94. The summed E-state index contributed by atoms with van der Waals surface area (Å²) in [6.45, 7) is 8.03. The Balaban J connectivity index is 1.69. The Kier molecular flexibility index (Phi) is 5.46. The lowest BCUT2D eigenvalue weighted by molar-refractivity contribution is 0.0690. The number of rotatable bonds is 5. The first-order valence-corrected chi connectivity index (χ1v) is 10.6. The van der Waals surface area contributed by atoms with Gasteiger partial charge < -0.3 is 19.7 Å². The molecule has 0 unspecified atom stereocenters. The smallest absolute Gasteiger partial charge is 0.258 e. The second-order valence-corrected chi connectivity index (χ2v) is 8.72. The van der Waals surface area contributed by atoms with Crippen molar-refractivity contribution in [3.63, 3.8) is 0 Å². The third kappa shape index (κ3) is 3.62. The molecule has 0 saturated carbocycles. The molecule has 0 aliphatic carbocycles. The number of aryl methyl sites for hydroxylation is 2. The van der Waals surface area contributed by atoms with Crippen molar-refractivity contribution in [2.75, 3.05) is 19.5 Å². The van der Waals surface area contributed by atoms with Crippen LogP contribution in [0.4, 0.5) is 11.6 Å². The monoisotopic (exact) mass is 452 g/mol. The average molecular weight is 453 g/mol. The van der Waals surface area contributed by atoms with Gasteiger partial charge in [-0.1, -0.05) is 23.7 Å². The van der Waals surface area contributed by atoms with Crippen molar-refractivity contribution in [2.45, 2.75) is 33.2 Å². The Labute approximate surface area is 192 Å². The summed E-state index contributed by atoms with van der Waals surface area (Å²) >= 11 is 6.33. The van der Waals surface area contributed by atoms with Crippen LogP contribution in [-0.4, -0.2) is 34.9 Å². The Morgan fingerprint density at radius 2 is 1.84 bits per heavy atom. The van der Waals surface area contributed by atoms with Gasteiger partial charge in [-0.15, -0.1) is 0 Å². The van der Waals surface area contributed by atoms with Crippen LogP contribution in [0.2, 0.25) is 5.02 Å². The molecule has 166 valence electrons. The summed E-state index contributed by atoms with van der Waals surface area (Å²) in [5.41, 5.74) is 3.91. The van der Waals surface area contributed by atoms with Gasteiger partial charge in [-0.05, 0) is 62.6 Å². The van der Waals surface area contributed by atoms with Gasteiger partial charge in [0.2, 0.25) is 11.8 Å². The standard InChI is InChI=1S/C24H25ClN4O3/c1-13-10-17(19(31-6)11-14(13)2)27-23-26-12-16(25)21(28-23)32-18-9-7-8-15-20(18)22(30)29(5)24(15,3)4/h7-12H,1-6H3,(H,26,27,28). The third-order valence-corrected chi connectivity index (χ3v) is 6.28. The maximum Gasteiger partial charge on any atom is 0.258 e. The van der Waals surface area contributed by atoms with Crippen molar-refractivity contribution in [3.8, 4) is 17.4 Å². The first-order valence-electron chi connectivity index (χ1n) is 10.2. The van der Waals surface area contributed by atoms with Crippen molar-refractivity contribution in [1.29, 1.82) is 0 Å². The van der Waals surface area contributed by atoms with Crippen molar-refractivity contribution in [1.82, 2.24) is 14.9 Å². The van der Waals surface area contributed by atoms with Gasteiger partial charge in [-0.2, -0.15) is 4.98 Å². The van der Waals surface area contributed by atoms with E-state index < -0.39 is 5.54 Å². The summed E-state index contributed by atoms with van der Waals surface area (Å²) in [4.78, 5) is 23.3. The van der Waals surface area contributed by atoms with Gasteiger partial charge in [0.1, 0.15) is 16.5 Å². The SMILES string of the molecule is COc1cc(C)c(C)cc1Nc1ncc(Cl)c(Oc2cccc3c2C(=O)N(C)C3(C)C)n1. The summed E-state index contributed by atoms with van der Waals surface area (Å²) < 4.78 is 11.5. The molecule has 0 fully saturated rings. The zero-order valence-corrected chi connectivity index (χ0v) is 19.7. The molecule has 4 rings (SSSR count). The highest BCUT2D eigenvalue weighted by Crippen LogP contribution is 2.43. The number of halogens is 1. The number of benzene rings is 2. The minimum Gasteiger partial charge on any atom is -0.495 e. The predicted octanol–water partition coefficient (Wildman–Crippen LogP) is 5.61. The lowest BCUT2D eigenvalue weighted by atomic mass is 9.94. The Morgan fingerprint density at radius 3 is 2.56 bits per heavy atom. The fourth-order valence-corrected chi connectivity index (χ4v) is 3.84. The zero-order chi connectivity index (χ0) is 23.2. The van der Waals surface area contributed by atoms with Gasteiger partial charge in [-0.3, -0.25) is 4.79 Å². The summed E-state index contributed by atoms with van der Waals surface area (Å²) in [7, 11) is 3.39. The van der Waals surface area contributed by atoms with E-state index in [4.69, 9.17) is 21.1 Å². The number of nitrogens with zero attached hydrogens (tertiary/aromatic N) is 3. The van der Waals surface area contributed by atoms with Crippen molar-refractivity contribution >= 4 is 29.1 Å². The van der Waals surface area contributed by atoms with Crippen LogP contribution in [0.3, 0.4) is 0 Å². The number of carbonyl (C=O) groups is 1. The first kappa shape index (κ1) is 21.9. The molecule has 1 amide bonds. The van der Waals surface area contributed by atoms with E-state index in [-0.39, 0.29) is 16.8 Å². The summed E-state index contributed by atoms with van der Waals surface area (Å²) in [6, 6.07) is 9.44. The van der Waals surface area contributed by atoms with Crippen LogP contribution in [0, 0.1) is 13.8 Å². The van der Waals surface area contributed by atoms with Crippen LogP contribution in [0.25, 0.3) is 0 Å². The van der Waals surface area contributed by atoms with Gasteiger partial charge in [0.15, 0.2) is 0 Å². The normalized spacial score (nSPS) is 14.3. The Morgan fingerprint density at radius 1 is 1.12 bits per heavy atom. The van der Waals surface area contributed by atoms with Gasteiger partial charge >= 0.3 is 0 Å². The fourth-order valence-electron chi connectivity index (χ4n) is 3.71. The van der Waals surface area contributed by atoms with Gasteiger partial charge in [-0.25, -0.2) is 4.98 Å². The molecule has 32 heavy (non-hydrogen) atoms. The van der Waals surface area contributed by atoms with E-state index >= 15 is 0 Å². The number of methoxy groups -OCH3 is 1. The fraction of sp³-hybridized carbons (Fsp3) is 0.292. The molecule has 0 spiro atoms. The highest BCUT2D eigenvalue weighted by molar-refractivity contribution is 6.31. The van der Waals surface area contributed by atoms with Crippen LogP contribution in [0.1, 0.15) is 40.9 Å². The van der Waals surface area contributed by atoms with Gasteiger partial charge in [0.25, 0.3) is 5.91 Å². The number of amides is 1. The number of carbonyl (C=O) groups excluding carboxylic acids is 1. The minimum absolute atomic E-state index is 0.107. The number of hydrogen-bond donors (Lipinski definition) is 1. The second kappa shape index (κ2) is 7.98. The predicted molar refractivity (Wildman–Crippen MR) is 124 cm³/mol. The summed E-state index contributed by atoms with van der Waals surface area (Å²) in [5.74, 6) is 1.41. The van der Waals surface area contributed by atoms with Crippen LogP contribution in [0.15, 0.2) is 36.5 Å². The molecule has 1 aliphatic heterocycles. The molecule has 8 heteroatoms. The van der Waals surface area contributed by atoms with Crippen molar-refractivity contribution in [2.24, 2.45) is 0 Å². The molecule has 2 heterocycles. The number of anilines is 2. The molecular formula is C24H25ClN4O3. The number of ether oxygens (including phenoxy) is 2. The Bertz CT molecular complexity index is 1230. The topological polar surface area (TPSA) is 76.6 Å². The molecule has 0 atom stereocenters. The van der Waals surface area contributed by atoms with Crippen LogP contribution >= 0.6 is 11.6 Å². The minimum atomic E-state index is -0.437. The van der Waals surface area contributed by atoms with E-state index in [0.29, 0.717) is 23.0 Å². The molecule has 2 aromatic carbocycles. The molecule has 1 aliphatic rings. The molecular weight excluding hydrogens is 428 g/mol. The first-order chi connectivity index (χ1) is 15.1. The molecule has 1 N–H and O–H groups in total. The van der Waals surface area contributed by atoms with E-state index in [1.807, 2.05) is 52.0 Å². The number of nitrogens with one attached hydrogen (secondary N) is 1. The van der Waals surface area contributed by atoms with E-state index in [1.165, 1.54) is 6.20 Å². The van der Waals surface area contributed by atoms with Gasteiger partial charge in [0.05, 0.1) is 30.1 Å². The van der Waals surface area contributed by atoms with Gasteiger partial charge in [0, 0.05) is 7.05 Å². The Hall–Kier alpha value is -3.32. The lowest BCUT2D eigenvalue weighted by Crippen LogP contribution is -2.35. The van der Waals surface area contributed by atoms with Crippen molar-refractivity contribution < 1.29 is 14.3 Å². The largest absolute Gasteiger partial charge is 0.495 e.